The van der Waals surface area contributed by atoms with E-state index in [1.165, 1.54) is 12.1 Å². The van der Waals surface area contributed by atoms with Crippen LogP contribution in [0.15, 0.2) is 35.2 Å². The molecule has 0 saturated heterocycles. The van der Waals surface area contributed by atoms with Crippen LogP contribution in [0, 0.1) is 17.5 Å². The van der Waals surface area contributed by atoms with Gasteiger partial charge in [0.15, 0.2) is 27.3 Å². The molecule has 1 fully saturated rings. The lowest BCUT2D eigenvalue weighted by atomic mass is 9.95. The van der Waals surface area contributed by atoms with E-state index < -0.39 is 50.7 Å². The molecular weight excluding hydrogens is 447 g/mol. The van der Waals surface area contributed by atoms with Gasteiger partial charge >= 0.3 is 0 Å². The van der Waals surface area contributed by atoms with Gasteiger partial charge in [-0.05, 0) is 37.5 Å². The normalized spacial score (nSPS) is 22.0. The maximum Gasteiger partial charge on any atom is 0.255 e. The SMILES string of the molecule is O=C(Nc1cc(F)c(F)c(F)c1)c1ccc(Cl)c(S(=O)(=O)[C@@H]2C[C@H](O)C[C@H](O)C2)c1. The average molecular weight is 464 g/mol. The van der Waals surface area contributed by atoms with Gasteiger partial charge in [0, 0.05) is 23.4 Å². The molecule has 2 aromatic rings. The van der Waals surface area contributed by atoms with E-state index in [4.69, 9.17) is 11.6 Å². The van der Waals surface area contributed by atoms with Gasteiger partial charge in [-0.15, -0.1) is 0 Å². The molecule has 0 spiro atoms. The number of benzene rings is 2. The molecule has 30 heavy (non-hydrogen) atoms. The maximum absolute atomic E-state index is 13.3. The Balaban J connectivity index is 1.90. The van der Waals surface area contributed by atoms with E-state index in [0.717, 1.165) is 6.07 Å². The van der Waals surface area contributed by atoms with Crippen LogP contribution in [0.2, 0.25) is 5.02 Å². The molecule has 6 nitrogen and oxygen atoms in total. The molecule has 0 heterocycles. The summed E-state index contributed by atoms with van der Waals surface area (Å²) in [5, 5.41) is 20.5. The lowest BCUT2D eigenvalue weighted by Gasteiger charge is -2.29. The zero-order valence-electron chi connectivity index (χ0n) is 15.3. The van der Waals surface area contributed by atoms with Gasteiger partial charge in [-0.25, -0.2) is 21.6 Å². The molecule has 1 amide bonds. The summed E-state index contributed by atoms with van der Waals surface area (Å²) in [5.74, 6) is -5.60. The molecule has 162 valence electrons. The van der Waals surface area contributed by atoms with Crippen LogP contribution in [0.3, 0.4) is 0 Å². The Kier molecular flexibility index (Phi) is 6.42. The molecule has 2 aromatic carbocycles. The Bertz CT molecular complexity index is 1060. The highest BCUT2D eigenvalue weighted by Gasteiger charge is 2.37. The van der Waals surface area contributed by atoms with Gasteiger partial charge in [-0.1, -0.05) is 11.6 Å². The van der Waals surface area contributed by atoms with Crippen LogP contribution in [0.1, 0.15) is 29.6 Å². The van der Waals surface area contributed by atoms with Gasteiger partial charge in [0.1, 0.15) is 0 Å². The lowest BCUT2D eigenvalue weighted by molar-refractivity contribution is 0.0422. The summed E-state index contributed by atoms with van der Waals surface area (Å²) in [6, 6.07) is 4.53. The molecule has 0 radical (unpaired) electrons. The highest BCUT2D eigenvalue weighted by atomic mass is 35.5. The van der Waals surface area contributed by atoms with Crippen molar-refractivity contribution in [3.8, 4) is 0 Å². The molecule has 1 aliphatic rings. The van der Waals surface area contributed by atoms with E-state index in [1.807, 2.05) is 0 Å². The van der Waals surface area contributed by atoms with E-state index >= 15 is 0 Å². The molecule has 1 saturated carbocycles. The fourth-order valence-electron chi connectivity index (χ4n) is 3.34. The van der Waals surface area contributed by atoms with Gasteiger partial charge < -0.3 is 15.5 Å². The van der Waals surface area contributed by atoms with Crippen molar-refractivity contribution in [2.45, 2.75) is 41.6 Å². The van der Waals surface area contributed by atoms with Crippen LogP contribution >= 0.6 is 11.6 Å². The Morgan fingerprint density at radius 2 is 1.57 bits per heavy atom. The molecule has 0 bridgehead atoms. The quantitative estimate of drug-likeness (QED) is 0.605. The number of nitrogens with one attached hydrogen (secondary N) is 1. The van der Waals surface area contributed by atoms with Crippen LogP contribution in [-0.2, 0) is 9.84 Å². The number of carbonyl (C=O) groups is 1. The second-order valence-corrected chi connectivity index (χ2v) is 9.64. The first kappa shape index (κ1) is 22.5. The predicted octanol–water partition coefficient (Wildman–Crippen LogP) is 3.06. The number of hydrogen-bond donors (Lipinski definition) is 3. The van der Waals surface area contributed by atoms with Crippen molar-refractivity contribution in [3.05, 3.63) is 58.4 Å². The third-order valence-corrected chi connectivity index (χ3v) is 7.45. The molecule has 3 N–H and O–H groups in total. The monoisotopic (exact) mass is 463 g/mol. The molecular formula is C19H17ClF3NO5S. The number of sulfone groups is 1. The fraction of sp³-hybridized carbons (Fsp3) is 0.316. The minimum atomic E-state index is -4.11. The Morgan fingerprint density at radius 3 is 2.13 bits per heavy atom. The summed E-state index contributed by atoms with van der Waals surface area (Å²) in [4.78, 5) is 12.0. The number of halogens is 4. The van der Waals surface area contributed by atoms with Gasteiger partial charge in [0.2, 0.25) is 0 Å². The van der Waals surface area contributed by atoms with Crippen molar-refractivity contribution in [1.29, 1.82) is 0 Å². The zero-order chi connectivity index (χ0) is 22.2. The summed E-state index contributed by atoms with van der Waals surface area (Å²) < 4.78 is 65.7. The van der Waals surface area contributed by atoms with Crippen molar-refractivity contribution in [3.63, 3.8) is 0 Å². The Hall–Kier alpha value is -2.14. The molecule has 3 rings (SSSR count). The van der Waals surface area contributed by atoms with E-state index in [-0.39, 0.29) is 40.4 Å². The molecule has 3 atom stereocenters. The molecule has 0 unspecified atom stereocenters. The highest BCUT2D eigenvalue weighted by Crippen LogP contribution is 2.33. The van der Waals surface area contributed by atoms with Crippen molar-refractivity contribution < 1.29 is 36.6 Å². The lowest BCUT2D eigenvalue weighted by Crippen LogP contribution is -2.37. The number of aliphatic hydroxyl groups is 2. The van der Waals surface area contributed by atoms with Crippen LogP contribution in [-0.4, -0.2) is 42.0 Å². The highest BCUT2D eigenvalue weighted by molar-refractivity contribution is 7.92. The van der Waals surface area contributed by atoms with Gasteiger partial charge in [-0.3, -0.25) is 4.79 Å². The van der Waals surface area contributed by atoms with E-state index in [0.29, 0.717) is 12.1 Å². The average Bonchev–Trinajstić information content (AvgIpc) is 2.65. The number of rotatable bonds is 4. The first-order valence-corrected chi connectivity index (χ1v) is 10.8. The minimum absolute atomic E-state index is 0.0625. The zero-order valence-corrected chi connectivity index (χ0v) is 16.9. The first-order valence-electron chi connectivity index (χ1n) is 8.84. The van der Waals surface area contributed by atoms with Crippen molar-refractivity contribution >= 4 is 33.0 Å². The molecule has 11 heteroatoms. The minimum Gasteiger partial charge on any atom is -0.393 e. The van der Waals surface area contributed by atoms with E-state index in [9.17, 15) is 36.6 Å². The topological polar surface area (TPSA) is 104 Å². The maximum atomic E-state index is 13.3. The number of anilines is 1. The first-order chi connectivity index (χ1) is 14.0. The molecule has 0 aromatic heterocycles. The molecule has 1 aliphatic carbocycles. The third-order valence-electron chi connectivity index (χ3n) is 4.79. The predicted molar refractivity (Wildman–Crippen MR) is 103 cm³/mol. The summed E-state index contributed by atoms with van der Waals surface area (Å²) in [5.41, 5.74) is -0.547. The second-order valence-electron chi connectivity index (χ2n) is 7.03. The van der Waals surface area contributed by atoms with Crippen LogP contribution in [0.25, 0.3) is 0 Å². The number of aliphatic hydroxyl groups excluding tert-OH is 2. The van der Waals surface area contributed by atoms with Crippen LogP contribution < -0.4 is 5.32 Å². The number of hydrogen-bond acceptors (Lipinski definition) is 5. The standard InChI is InChI=1S/C19H17ClF3NO5S/c20-14-2-1-9(19(27)24-10-4-15(21)18(23)16(22)5-10)3-17(14)30(28,29)13-7-11(25)6-12(26)8-13/h1-5,11-13,25-26H,6-8H2,(H,24,27)/t11-,12+,13-. The Morgan fingerprint density at radius 1 is 1.00 bits per heavy atom. The summed E-state index contributed by atoms with van der Waals surface area (Å²) >= 11 is 6.02. The van der Waals surface area contributed by atoms with Gasteiger partial charge in [0.05, 0.1) is 27.4 Å². The van der Waals surface area contributed by atoms with Crippen molar-refractivity contribution in [2.75, 3.05) is 5.32 Å². The van der Waals surface area contributed by atoms with Gasteiger partial charge in [0.25, 0.3) is 5.91 Å². The molecule has 0 aliphatic heterocycles. The Labute approximate surface area is 175 Å². The smallest absolute Gasteiger partial charge is 0.255 e. The van der Waals surface area contributed by atoms with E-state index in [2.05, 4.69) is 5.32 Å². The van der Waals surface area contributed by atoms with Crippen molar-refractivity contribution in [1.82, 2.24) is 0 Å². The fourth-order valence-corrected chi connectivity index (χ4v) is 5.72. The third kappa shape index (κ3) is 4.61. The number of carbonyl (C=O) groups excluding carboxylic acids is 1. The van der Waals surface area contributed by atoms with Crippen LogP contribution in [0.5, 0.6) is 0 Å². The summed E-state index contributed by atoms with van der Waals surface area (Å²) in [6.07, 6.45) is -2.13. The summed E-state index contributed by atoms with van der Waals surface area (Å²) in [6.45, 7) is 0. The van der Waals surface area contributed by atoms with E-state index in [1.54, 1.807) is 0 Å². The van der Waals surface area contributed by atoms with Crippen LogP contribution in [0.4, 0.5) is 18.9 Å². The largest absolute Gasteiger partial charge is 0.393 e. The van der Waals surface area contributed by atoms with Crippen molar-refractivity contribution in [2.24, 2.45) is 0 Å². The van der Waals surface area contributed by atoms with Gasteiger partial charge in [-0.2, -0.15) is 0 Å². The number of amides is 1. The summed E-state index contributed by atoms with van der Waals surface area (Å²) in [7, 11) is -4.11. The second kappa shape index (κ2) is 8.54.